The normalized spacial score (nSPS) is 49.8. The van der Waals surface area contributed by atoms with Gasteiger partial charge in [0, 0.05) is 5.41 Å². The molecule has 0 aromatic heterocycles. The zero-order valence-corrected chi connectivity index (χ0v) is 12.1. The molecule has 2 saturated carbocycles. The van der Waals surface area contributed by atoms with Crippen LogP contribution >= 0.6 is 0 Å². The largest absolute Gasteiger partial charge is 0.392 e. The topological polar surface area (TPSA) is 60.7 Å². The lowest BCUT2D eigenvalue weighted by Crippen LogP contribution is -2.64. The monoisotopic (exact) mass is 256 g/mol. The fraction of sp³-hybridized carbons (Fsp3) is 1.00. The van der Waals surface area contributed by atoms with E-state index in [-0.39, 0.29) is 11.8 Å². The molecule has 18 heavy (non-hydrogen) atoms. The molecule has 0 aromatic rings. The summed E-state index contributed by atoms with van der Waals surface area (Å²) in [6, 6.07) is 0. The molecule has 3 N–H and O–H groups in total. The van der Waals surface area contributed by atoms with Crippen molar-refractivity contribution in [1.82, 2.24) is 0 Å². The van der Waals surface area contributed by atoms with Crippen molar-refractivity contribution < 1.29 is 15.3 Å². The quantitative estimate of drug-likeness (QED) is 0.673. The second kappa shape index (κ2) is 4.19. The van der Waals surface area contributed by atoms with Gasteiger partial charge >= 0.3 is 0 Å². The molecule has 0 amide bonds. The van der Waals surface area contributed by atoms with Gasteiger partial charge in [-0.1, -0.05) is 13.8 Å². The van der Waals surface area contributed by atoms with E-state index in [9.17, 15) is 15.3 Å². The lowest BCUT2D eigenvalue weighted by molar-refractivity contribution is -0.231. The first kappa shape index (κ1) is 14.3. The lowest BCUT2D eigenvalue weighted by atomic mass is 9.50. The molecule has 0 saturated heterocycles. The summed E-state index contributed by atoms with van der Waals surface area (Å²) in [7, 11) is 0. The molecule has 0 heterocycles. The Morgan fingerprint density at radius 2 is 1.78 bits per heavy atom. The molecule has 106 valence electrons. The average molecular weight is 256 g/mol. The average Bonchev–Trinajstić information content (AvgIpc) is 2.26. The fourth-order valence-corrected chi connectivity index (χ4v) is 4.19. The molecule has 0 bridgehead atoms. The van der Waals surface area contributed by atoms with Crippen molar-refractivity contribution in [2.45, 2.75) is 77.1 Å². The lowest BCUT2D eigenvalue weighted by Gasteiger charge is -2.60. The van der Waals surface area contributed by atoms with Crippen molar-refractivity contribution >= 4 is 0 Å². The summed E-state index contributed by atoms with van der Waals surface area (Å²) in [4.78, 5) is 0. The van der Waals surface area contributed by atoms with Gasteiger partial charge in [0.15, 0.2) is 0 Å². The van der Waals surface area contributed by atoms with Gasteiger partial charge in [0.25, 0.3) is 0 Å². The van der Waals surface area contributed by atoms with Gasteiger partial charge in [0.2, 0.25) is 0 Å². The van der Waals surface area contributed by atoms with Crippen LogP contribution in [0.25, 0.3) is 0 Å². The number of hydrogen-bond acceptors (Lipinski definition) is 3. The molecule has 0 spiro atoms. The Kier molecular flexibility index (Phi) is 3.33. The molecule has 2 rings (SSSR count). The molecule has 2 aliphatic carbocycles. The molecule has 0 unspecified atom stereocenters. The molecule has 3 heteroatoms. The maximum atomic E-state index is 11.2. The van der Waals surface area contributed by atoms with Gasteiger partial charge in [-0.2, -0.15) is 0 Å². The summed E-state index contributed by atoms with van der Waals surface area (Å²) in [5, 5.41) is 31.7. The number of aliphatic hydroxyl groups excluding tert-OH is 1. The Balaban J connectivity index is 2.31. The Morgan fingerprint density at radius 1 is 1.17 bits per heavy atom. The molecule has 5 atom stereocenters. The summed E-state index contributed by atoms with van der Waals surface area (Å²) in [5.41, 5.74) is -2.00. The standard InChI is InChI=1S/C15H28O3/c1-10-5-6-12(16)14(4)8-7-11(13(2,3)17)9-15(10,14)18/h10-12,16-18H,5-9H2,1-4H3/t10-,11+,12+,14-,15+/m1/s1. The van der Waals surface area contributed by atoms with Crippen molar-refractivity contribution in [3.05, 3.63) is 0 Å². The van der Waals surface area contributed by atoms with Crippen molar-refractivity contribution in [2.75, 3.05) is 0 Å². The van der Waals surface area contributed by atoms with Crippen molar-refractivity contribution in [3.63, 3.8) is 0 Å². The van der Waals surface area contributed by atoms with E-state index in [1.54, 1.807) is 0 Å². The van der Waals surface area contributed by atoms with Gasteiger partial charge < -0.3 is 15.3 Å². The first-order valence-corrected chi connectivity index (χ1v) is 7.24. The minimum Gasteiger partial charge on any atom is -0.392 e. The summed E-state index contributed by atoms with van der Waals surface area (Å²) in [6.45, 7) is 7.76. The van der Waals surface area contributed by atoms with Gasteiger partial charge in [-0.3, -0.25) is 0 Å². The highest BCUT2D eigenvalue weighted by atomic mass is 16.3. The van der Waals surface area contributed by atoms with E-state index in [2.05, 4.69) is 6.92 Å². The Bertz CT molecular complexity index is 322. The predicted molar refractivity (Wildman–Crippen MR) is 71.1 cm³/mol. The van der Waals surface area contributed by atoms with Crippen molar-refractivity contribution in [2.24, 2.45) is 17.3 Å². The number of hydrogen-bond donors (Lipinski definition) is 3. The van der Waals surface area contributed by atoms with Gasteiger partial charge in [0.05, 0.1) is 17.3 Å². The summed E-state index contributed by atoms with van der Waals surface area (Å²) >= 11 is 0. The first-order valence-electron chi connectivity index (χ1n) is 7.24. The zero-order valence-electron chi connectivity index (χ0n) is 12.1. The third-order valence-electron chi connectivity index (χ3n) is 5.98. The molecule has 0 aromatic carbocycles. The number of aliphatic hydroxyl groups is 3. The van der Waals surface area contributed by atoms with Crippen LogP contribution in [0.1, 0.15) is 59.8 Å². The van der Waals surface area contributed by atoms with Crippen LogP contribution in [0.3, 0.4) is 0 Å². The third kappa shape index (κ3) is 1.91. The van der Waals surface area contributed by atoms with Crippen LogP contribution in [-0.2, 0) is 0 Å². The van der Waals surface area contributed by atoms with E-state index in [1.807, 2.05) is 20.8 Å². The minimum atomic E-state index is -0.840. The number of rotatable bonds is 1. The summed E-state index contributed by atoms with van der Waals surface area (Å²) in [6.07, 6.45) is 3.52. The zero-order chi connectivity index (χ0) is 13.8. The summed E-state index contributed by atoms with van der Waals surface area (Å²) in [5.74, 6) is 0.305. The van der Waals surface area contributed by atoms with E-state index in [1.165, 1.54) is 0 Å². The summed E-state index contributed by atoms with van der Waals surface area (Å²) < 4.78 is 0. The second-order valence-corrected chi connectivity index (χ2v) is 7.43. The van der Waals surface area contributed by atoms with E-state index < -0.39 is 22.7 Å². The van der Waals surface area contributed by atoms with Crippen LogP contribution in [0.5, 0.6) is 0 Å². The highest BCUT2D eigenvalue weighted by Gasteiger charge is 2.60. The molecule has 2 fully saturated rings. The SMILES string of the molecule is C[C@@H]1CC[C@H](O)[C@@]2(C)CC[C@H](C(C)(C)O)C[C@]12O. The maximum absolute atomic E-state index is 11.2. The Morgan fingerprint density at radius 3 is 2.33 bits per heavy atom. The molecule has 0 radical (unpaired) electrons. The highest BCUT2D eigenvalue weighted by molar-refractivity contribution is 5.10. The second-order valence-electron chi connectivity index (χ2n) is 7.43. The van der Waals surface area contributed by atoms with Gasteiger partial charge in [0.1, 0.15) is 0 Å². The molecule has 0 aliphatic heterocycles. The molecular formula is C15H28O3. The number of fused-ring (bicyclic) bond motifs is 1. The van der Waals surface area contributed by atoms with Crippen LogP contribution in [0.4, 0.5) is 0 Å². The van der Waals surface area contributed by atoms with Crippen LogP contribution in [0.2, 0.25) is 0 Å². The van der Waals surface area contributed by atoms with Gasteiger partial charge in [-0.25, -0.2) is 0 Å². The maximum Gasteiger partial charge on any atom is 0.0754 e. The molecular weight excluding hydrogens is 228 g/mol. The van der Waals surface area contributed by atoms with Crippen LogP contribution in [0, 0.1) is 17.3 Å². The van der Waals surface area contributed by atoms with Gasteiger partial charge in [-0.15, -0.1) is 0 Å². The van der Waals surface area contributed by atoms with Crippen LogP contribution < -0.4 is 0 Å². The van der Waals surface area contributed by atoms with E-state index in [4.69, 9.17) is 0 Å². The van der Waals surface area contributed by atoms with Crippen molar-refractivity contribution in [3.8, 4) is 0 Å². The Labute approximate surface area is 110 Å². The van der Waals surface area contributed by atoms with E-state index in [0.717, 1.165) is 25.7 Å². The van der Waals surface area contributed by atoms with Gasteiger partial charge in [-0.05, 0) is 57.8 Å². The smallest absolute Gasteiger partial charge is 0.0754 e. The Hall–Kier alpha value is -0.120. The molecule has 3 nitrogen and oxygen atoms in total. The van der Waals surface area contributed by atoms with E-state index >= 15 is 0 Å². The van der Waals surface area contributed by atoms with Crippen LogP contribution in [0.15, 0.2) is 0 Å². The third-order valence-corrected chi connectivity index (χ3v) is 5.98. The predicted octanol–water partition coefficient (Wildman–Crippen LogP) is 2.09. The first-order chi connectivity index (χ1) is 8.11. The van der Waals surface area contributed by atoms with Crippen molar-refractivity contribution in [1.29, 1.82) is 0 Å². The minimum absolute atomic E-state index is 0.114. The molecule has 2 aliphatic rings. The highest BCUT2D eigenvalue weighted by Crippen LogP contribution is 2.57. The van der Waals surface area contributed by atoms with E-state index in [0.29, 0.717) is 6.42 Å². The fourth-order valence-electron chi connectivity index (χ4n) is 4.19. The van der Waals surface area contributed by atoms with Crippen LogP contribution in [-0.4, -0.2) is 32.6 Å².